The van der Waals surface area contributed by atoms with Crippen molar-refractivity contribution < 1.29 is 31.1 Å². The number of piperazine rings is 2. The van der Waals surface area contributed by atoms with E-state index in [1.165, 1.54) is 16.4 Å². The second-order valence-corrected chi connectivity index (χ2v) is 11.5. The summed E-state index contributed by atoms with van der Waals surface area (Å²) in [5.74, 6) is 0.688. The van der Waals surface area contributed by atoms with Crippen LogP contribution in [-0.4, -0.2) is 106 Å². The van der Waals surface area contributed by atoms with Crippen LogP contribution in [0.2, 0.25) is 0 Å². The fourth-order valence-electron chi connectivity index (χ4n) is 5.06. The number of hydrogen-bond acceptors (Lipinski definition) is 9. The number of hydrogen-bond donors (Lipinski definition) is 0. The summed E-state index contributed by atoms with van der Waals surface area (Å²) in [7, 11) is -4.18. The minimum absolute atomic E-state index is 0.0960. The van der Waals surface area contributed by atoms with Gasteiger partial charge in [-0.25, -0.2) is 8.42 Å². The van der Waals surface area contributed by atoms with Gasteiger partial charge in [0.05, 0.1) is 6.10 Å². The van der Waals surface area contributed by atoms with Gasteiger partial charge in [-0.1, -0.05) is 12.1 Å². The second-order valence-electron chi connectivity index (χ2n) is 9.56. The summed E-state index contributed by atoms with van der Waals surface area (Å²) in [5.41, 5.74) is 0. The Balaban J connectivity index is 1.15. The summed E-state index contributed by atoms with van der Waals surface area (Å²) >= 11 is 0. The summed E-state index contributed by atoms with van der Waals surface area (Å²) in [5, 5.41) is 8.77. The van der Waals surface area contributed by atoms with Gasteiger partial charge in [0.15, 0.2) is 11.6 Å². The van der Waals surface area contributed by atoms with E-state index >= 15 is 0 Å². The molecule has 0 saturated carbocycles. The molecule has 2 aromatic rings. The molecule has 0 N–H and O–H groups in total. The Morgan fingerprint density at radius 3 is 2.05 bits per heavy atom. The average molecular weight is 557 g/mol. The van der Waals surface area contributed by atoms with Crippen molar-refractivity contribution in [2.24, 2.45) is 0 Å². The molecular formula is C24H31F3N6O4S. The molecule has 1 atom stereocenters. The Morgan fingerprint density at radius 2 is 1.50 bits per heavy atom. The Morgan fingerprint density at radius 1 is 0.895 bits per heavy atom. The van der Waals surface area contributed by atoms with Gasteiger partial charge in [-0.15, -0.1) is 23.4 Å². The molecule has 10 nitrogen and oxygen atoms in total. The van der Waals surface area contributed by atoms with Crippen LogP contribution in [0.1, 0.15) is 12.8 Å². The Bertz CT molecular complexity index is 1180. The van der Waals surface area contributed by atoms with Gasteiger partial charge >= 0.3 is 6.36 Å². The first-order chi connectivity index (χ1) is 18.2. The molecule has 0 amide bonds. The number of aromatic nitrogens is 2. The predicted octanol–water partition coefficient (Wildman–Crippen LogP) is 2.19. The molecule has 0 aliphatic carbocycles. The van der Waals surface area contributed by atoms with Gasteiger partial charge in [-0.05, 0) is 37.1 Å². The minimum atomic E-state index is -4.99. The SMILES string of the molecule is O=S(=O)(c1ccccc1OC(F)(F)F)N1CCN(c2ccc(N3CCN(CC4CCCO4)CC3)nn2)CC1. The van der Waals surface area contributed by atoms with Crippen LogP contribution in [-0.2, 0) is 14.8 Å². The van der Waals surface area contributed by atoms with E-state index in [2.05, 4.69) is 24.7 Å². The van der Waals surface area contributed by atoms with Crippen LogP contribution in [0.4, 0.5) is 24.8 Å². The lowest BCUT2D eigenvalue weighted by Crippen LogP contribution is -2.49. The molecule has 1 aromatic heterocycles. The topological polar surface area (TPSA) is 91.3 Å². The monoisotopic (exact) mass is 556 g/mol. The largest absolute Gasteiger partial charge is 0.573 e. The lowest BCUT2D eigenvalue weighted by molar-refractivity contribution is -0.275. The molecule has 38 heavy (non-hydrogen) atoms. The van der Waals surface area contributed by atoms with Crippen LogP contribution in [0.3, 0.4) is 0 Å². The van der Waals surface area contributed by atoms with E-state index < -0.39 is 27.0 Å². The van der Waals surface area contributed by atoms with E-state index in [9.17, 15) is 21.6 Å². The number of halogens is 3. The lowest BCUT2D eigenvalue weighted by Gasteiger charge is -2.36. The van der Waals surface area contributed by atoms with Crippen LogP contribution in [0.5, 0.6) is 5.75 Å². The fraction of sp³-hybridized carbons (Fsp3) is 0.583. The highest BCUT2D eigenvalue weighted by Crippen LogP contribution is 2.32. The molecule has 3 saturated heterocycles. The molecule has 1 unspecified atom stereocenters. The number of sulfonamides is 1. The van der Waals surface area contributed by atoms with Gasteiger partial charge in [0.25, 0.3) is 0 Å². The molecule has 1 aromatic carbocycles. The van der Waals surface area contributed by atoms with Crippen LogP contribution >= 0.6 is 0 Å². The maximum atomic E-state index is 13.1. The average Bonchev–Trinajstić information content (AvgIpc) is 3.42. The number of alkyl halides is 3. The maximum Gasteiger partial charge on any atom is 0.573 e. The third-order valence-electron chi connectivity index (χ3n) is 7.07. The zero-order valence-electron chi connectivity index (χ0n) is 20.9. The zero-order valence-corrected chi connectivity index (χ0v) is 21.7. The number of ether oxygens (including phenoxy) is 2. The van der Waals surface area contributed by atoms with Crippen LogP contribution in [0.25, 0.3) is 0 Å². The van der Waals surface area contributed by atoms with Crippen LogP contribution in [0, 0.1) is 0 Å². The van der Waals surface area contributed by atoms with Gasteiger partial charge in [0.1, 0.15) is 10.6 Å². The van der Waals surface area contributed by atoms with Crippen molar-refractivity contribution in [2.45, 2.75) is 30.2 Å². The third kappa shape index (κ3) is 6.30. The quantitative estimate of drug-likeness (QED) is 0.509. The molecule has 14 heteroatoms. The first-order valence-corrected chi connectivity index (χ1v) is 14.2. The van der Waals surface area contributed by atoms with Crippen molar-refractivity contribution in [2.75, 3.05) is 75.3 Å². The van der Waals surface area contributed by atoms with E-state index in [0.717, 1.165) is 70.1 Å². The molecule has 3 aliphatic heterocycles. The van der Waals surface area contributed by atoms with E-state index in [1.807, 2.05) is 17.0 Å². The third-order valence-corrected chi connectivity index (χ3v) is 9.01. The summed E-state index contributed by atoms with van der Waals surface area (Å²) < 4.78 is 75.4. The molecule has 0 bridgehead atoms. The summed E-state index contributed by atoms with van der Waals surface area (Å²) in [4.78, 5) is 6.04. The van der Waals surface area contributed by atoms with Gasteiger partial charge in [-0.2, -0.15) is 4.31 Å². The number of benzene rings is 1. The molecular weight excluding hydrogens is 525 g/mol. The van der Waals surface area contributed by atoms with Gasteiger partial charge in [0.2, 0.25) is 10.0 Å². The Labute approximate surface area is 220 Å². The van der Waals surface area contributed by atoms with E-state index in [0.29, 0.717) is 25.0 Å². The van der Waals surface area contributed by atoms with Crippen LogP contribution < -0.4 is 14.5 Å². The standard InChI is InChI=1S/C24H31F3N6O4S/c25-24(26,27)37-20-5-1-2-6-21(20)38(34,35)33-15-13-32(14-16-33)23-8-7-22(28-29-23)31-11-9-30(10-12-31)18-19-4-3-17-36-19/h1-2,5-8,19H,3-4,9-18H2. The lowest BCUT2D eigenvalue weighted by atomic mass is 10.2. The molecule has 5 rings (SSSR count). The predicted molar refractivity (Wildman–Crippen MR) is 134 cm³/mol. The molecule has 4 heterocycles. The number of para-hydroxylation sites is 1. The van der Waals surface area contributed by atoms with Gasteiger partial charge < -0.3 is 19.3 Å². The molecule has 3 aliphatic rings. The van der Waals surface area contributed by atoms with Gasteiger partial charge in [-0.3, -0.25) is 4.90 Å². The van der Waals surface area contributed by atoms with E-state index in [4.69, 9.17) is 4.74 Å². The Kier molecular flexibility index (Phi) is 7.93. The maximum absolute atomic E-state index is 13.1. The van der Waals surface area contributed by atoms with Crippen molar-refractivity contribution in [3.05, 3.63) is 36.4 Å². The number of anilines is 2. The van der Waals surface area contributed by atoms with Crippen molar-refractivity contribution >= 4 is 21.7 Å². The fourth-order valence-corrected chi connectivity index (χ4v) is 6.60. The zero-order chi connectivity index (χ0) is 26.8. The van der Waals surface area contributed by atoms with E-state index in [1.54, 1.807) is 0 Å². The van der Waals surface area contributed by atoms with E-state index in [-0.39, 0.29) is 13.1 Å². The highest BCUT2D eigenvalue weighted by atomic mass is 32.2. The van der Waals surface area contributed by atoms with Crippen molar-refractivity contribution in [3.63, 3.8) is 0 Å². The first-order valence-electron chi connectivity index (χ1n) is 12.7. The normalized spacial score (nSPS) is 22.1. The van der Waals surface area contributed by atoms with Crippen molar-refractivity contribution in [1.82, 2.24) is 19.4 Å². The smallest absolute Gasteiger partial charge is 0.404 e. The summed E-state index contributed by atoms with van der Waals surface area (Å²) in [6.45, 7) is 6.29. The second kappa shape index (κ2) is 11.2. The molecule has 0 radical (unpaired) electrons. The molecule has 208 valence electrons. The molecule has 3 fully saturated rings. The number of nitrogens with zero attached hydrogens (tertiary/aromatic N) is 6. The number of rotatable bonds is 7. The summed E-state index contributed by atoms with van der Waals surface area (Å²) in [6.07, 6.45) is -2.37. The van der Waals surface area contributed by atoms with Gasteiger partial charge in [0, 0.05) is 65.5 Å². The van der Waals surface area contributed by atoms with Crippen molar-refractivity contribution in [1.29, 1.82) is 0 Å². The van der Waals surface area contributed by atoms with Crippen LogP contribution in [0.15, 0.2) is 41.3 Å². The highest BCUT2D eigenvalue weighted by Gasteiger charge is 2.36. The molecule has 0 spiro atoms. The Hall–Kier alpha value is -2.68. The summed E-state index contributed by atoms with van der Waals surface area (Å²) in [6, 6.07) is 8.58. The highest BCUT2D eigenvalue weighted by molar-refractivity contribution is 7.89. The first kappa shape index (κ1) is 26.9. The van der Waals surface area contributed by atoms with Crippen molar-refractivity contribution in [3.8, 4) is 5.75 Å². The minimum Gasteiger partial charge on any atom is -0.404 e.